The van der Waals surface area contributed by atoms with Crippen molar-refractivity contribution in [2.45, 2.75) is 13.2 Å². The third kappa shape index (κ3) is 3.39. The Kier molecular flexibility index (Phi) is 4.30. The number of nitrogens with zero attached hydrogens (tertiary/aromatic N) is 1. The summed E-state index contributed by atoms with van der Waals surface area (Å²) in [7, 11) is 1.92. The molecule has 0 atom stereocenters. The van der Waals surface area contributed by atoms with Gasteiger partial charge in [-0.1, -0.05) is 0 Å². The second kappa shape index (κ2) is 5.95. The zero-order valence-corrected chi connectivity index (χ0v) is 9.98. The molecule has 0 radical (unpaired) electrons. The van der Waals surface area contributed by atoms with E-state index in [0.29, 0.717) is 39.6 Å². The van der Waals surface area contributed by atoms with Gasteiger partial charge >= 0.3 is 0 Å². The number of hydrogen-bond donors (Lipinski definition) is 0. The fraction of sp³-hybridized carbons (Fsp3) is 0.583. The SMILES string of the molecule is Cn1c2cc(=O)cc1COCCOCCOC2. The summed E-state index contributed by atoms with van der Waals surface area (Å²) < 4.78 is 18.2. The van der Waals surface area contributed by atoms with E-state index in [1.54, 1.807) is 12.1 Å². The molecule has 0 N–H and O–H groups in total. The molecule has 1 aliphatic rings. The summed E-state index contributed by atoms with van der Waals surface area (Å²) in [5.41, 5.74) is 1.71. The van der Waals surface area contributed by atoms with Gasteiger partial charge < -0.3 is 18.8 Å². The molecule has 0 spiro atoms. The Labute approximate surface area is 99.9 Å². The third-order valence-electron chi connectivity index (χ3n) is 2.72. The Morgan fingerprint density at radius 1 is 0.941 bits per heavy atom. The van der Waals surface area contributed by atoms with Crippen LogP contribution < -0.4 is 5.43 Å². The molecule has 0 saturated heterocycles. The van der Waals surface area contributed by atoms with Gasteiger partial charge in [-0.05, 0) is 0 Å². The van der Waals surface area contributed by atoms with Gasteiger partial charge in [-0.25, -0.2) is 0 Å². The first-order valence-corrected chi connectivity index (χ1v) is 5.69. The molecule has 2 heterocycles. The van der Waals surface area contributed by atoms with E-state index < -0.39 is 0 Å². The number of ether oxygens (including phenoxy) is 3. The molecule has 94 valence electrons. The minimum absolute atomic E-state index is 0.00592. The summed E-state index contributed by atoms with van der Waals surface area (Å²) in [5, 5.41) is 0. The first kappa shape index (κ1) is 12.3. The fourth-order valence-electron chi connectivity index (χ4n) is 1.72. The average Bonchev–Trinajstić information content (AvgIpc) is 2.31. The molecule has 1 aromatic heterocycles. The molecule has 1 aliphatic heterocycles. The number of rotatable bonds is 0. The van der Waals surface area contributed by atoms with Gasteiger partial charge in [0.2, 0.25) is 0 Å². The van der Waals surface area contributed by atoms with Crippen molar-refractivity contribution in [2.75, 3.05) is 26.4 Å². The van der Waals surface area contributed by atoms with Gasteiger partial charge in [0, 0.05) is 30.6 Å². The van der Waals surface area contributed by atoms with E-state index in [2.05, 4.69) is 0 Å². The normalized spacial score (nSPS) is 18.2. The number of hydrogen-bond acceptors (Lipinski definition) is 4. The van der Waals surface area contributed by atoms with E-state index in [1.807, 2.05) is 11.6 Å². The maximum atomic E-state index is 11.5. The minimum atomic E-state index is -0.00592. The summed E-state index contributed by atoms with van der Waals surface area (Å²) >= 11 is 0. The molecule has 1 aromatic rings. The molecule has 0 amide bonds. The Morgan fingerprint density at radius 2 is 1.41 bits per heavy atom. The Morgan fingerprint density at radius 3 is 1.94 bits per heavy atom. The molecule has 5 heteroatoms. The molecule has 2 bridgehead atoms. The van der Waals surface area contributed by atoms with E-state index in [-0.39, 0.29) is 5.43 Å². The topological polar surface area (TPSA) is 49.7 Å². The summed E-state index contributed by atoms with van der Waals surface area (Å²) in [5.74, 6) is 0. The quantitative estimate of drug-likeness (QED) is 0.659. The zero-order chi connectivity index (χ0) is 12.1. The highest BCUT2D eigenvalue weighted by Crippen LogP contribution is 2.05. The van der Waals surface area contributed by atoms with Gasteiger partial charge in [0.1, 0.15) is 0 Å². The summed E-state index contributed by atoms with van der Waals surface area (Å²) in [4.78, 5) is 11.5. The maximum Gasteiger partial charge on any atom is 0.182 e. The van der Waals surface area contributed by atoms with Gasteiger partial charge in [0.05, 0.1) is 39.6 Å². The Balaban J connectivity index is 2.23. The van der Waals surface area contributed by atoms with E-state index in [0.717, 1.165) is 11.4 Å². The fourth-order valence-corrected chi connectivity index (χ4v) is 1.72. The van der Waals surface area contributed by atoms with Gasteiger partial charge in [-0.2, -0.15) is 0 Å². The van der Waals surface area contributed by atoms with Crippen molar-refractivity contribution in [2.24, 2.45) is 7.05 Å². The van der Waals surface area contributed by atoms with Gasteiger partial charge in [-0.15, -0.1) is 0 Å². The Hall–Kier alpha value is -1.17. The molecule has 0 fully saturated rings. The van der Waals surface area contributed by atoms with Crippen LogP contribution in [0.2, 0.25) is 0 Å². The monoisotopic (exact) mass is 239 g/mol. The van der Waals surface area contributed by atoms with Crippen molar-refractivity contribution in [1.82, 2.24) is 4.57 Å². The molecule has 0 aromatic carbocycles. The lowest BCUT2D eigenvalue weighted by molar-refractivity contribution is 0.00162. The molecular formula is C12H17NO4. The second-order valence-corrected chi connectivity index (χ2v) is 3.95. The van der Waals surface area contributed by atoms with E-state index in [1.165, 1.54) is 0 Å². The van der Waals surface area contributed by atoms with Crippen LogP contribution in [0, 0.1) is 0 Å². The lowest BCUT2D eigenvalue weighted by Gasteiger charge is -2.16. The van der Waals surface area contributed by atoms with E-state index in [4.69, 9.17) is 14.2 Å². The predicted octanol–water partition coefficient (Wildman–Crippen LogP) is 0.449. The van der Waals surface area contributed by atoms with Crippen LogP contribution in [-0.4, -0.2) is 31.0 Å². The van der Waals surface area contributed by atoms with Crippen LogP contribution in [0.4, 0.5) is 0 Å². The first-order chi connectivity index (χ1) is 8.27. The highest BCUT2D eigenvalue weighted by Gasteiger charge is 2.06. The highest BCUT2D eigenvalue weighted by molar-refractivity contribution is 5.13. The van der Waals surface area contributed by atoms with Crippen molar-refractivity contribution in [3.8, 4) is 0 Å². The molecular weight excluding hydrogens is 222 g/mol. The summed E-state index contributed by atoms with van der Waals surface area (Å²) in [6.07, 6.45) is 0. The molecule has 17 heavy (non-hydrogen) atoms. The van der Waals surface area contributed by atoms with Crippen LogP contribution >= 0.6 is 0 Å². The van der Waals surface area contributed by atoms with E-state index in [9.17, 15) is 4.79 Å². The largest absolute Gasteiger partial charge is 0.377 e. The summed E-state index contributed by atoms with van der Waals surface area (Å²) in [6.45, 7) is 3.00. The zero-order valence-electron chi connectivity index (χ0n) is 9.98. The lowest BCUT2D eigenvalue weighted by atomic mass is 10.3. The molecule has 2 rings (SSSR count). The Bertz CT molecular complexity index is 393. The lowest BCUT2D eigenvalue weighted by Crippen LogP contribution is -2.19. The molecule has 5 nitrogen and oxygen atoms in total. The highest BCUT2D eigenvalue weighted by atomic mass is 16.5. The van der Waals surface area contributed by atoms with E-state index >= 15 is 0 Å². The number of aromatic nitrogens is 1. The maximum absolute atomic E-state index is 11.5. The van der Waals surface area contributed by atoms with Crippen molar-refractivity contribution in [3.63, 3.8) is 0 Å². The summed E-state index contributed by atoms with van der Waals surface area (Å²) in [6, 6.07) is 3.19. The molecule has 0 unspecified atom stereocenters. The van der Waals surface area contributed by atoms with Crippen LogP contribution in [0.1, 0.15) is 11.4 Å². The number of pyridine rings is 1. The average molecular weight is 239 g/mol. The third-order valence-corrected chi connectivity index (χ3v) is 2.72. The second-order valence-electron chi connectivity index (χ2n) is 3.95. The minimum Gasteiger partial charge on any atom is -0.377 e. The number of fused-ring (bicyclic) bond motifs is 2. The molecule has 0 saturated carbocycles. The van der Waals surface area contributed by atoms with Crippen LogP contribution in [0.25, 0.3) is 0 Å². The van der Waals surface area contributed by atoms with Crippen molar-refractivity contribution in [3.05, 3.63) is 33.7 Å². The standard InChI is InChI=1S/C12H17NO4/c1-13-10-6-12(14)7-11(13)9-17-5-3-15-2-4-16-8-10/h6-7H,2-5,8-9H2,1H3. The van der Waals surface area contributed by atoms with Crippen LogP contribution in [0.3, 0.4) is 0 Å². The van der Waals surface area contributed by atoms with Crippen LogP contribution in [0.5, 0.6) is 0 Å². The van der Waals surface area contributed by atoms with Crippen LogP contribution in [-0.2, 0) is 34.5 Å². The van der Waals surface area contributed by atoms with Crippen molar-refractivity contribution in [1.29, 1.82) is 0 Å². The molecule has 0 aliphatic carbocycles. The smallest absolute Gasteiger partial charge is 0.182 e. The first-order valence-electron chi connectivity index (χ1n) is 5.69. The van der Waals surface area contributed by atoms with Gasteiger partial charge in [-0.3, -0.25) is 4.79 Å². The van der Waals surface area contributed by atoms with Crippen molar-refractivity contribution >= 4 is 0 Å². The van der Waals surface area contributed by atoms with Gasteiger partial charge in [0.15, 0.2) is 5.43 Å². The predicted molar refractivity (Wildman–Crippen MR) is 61.8 cm³/mol. The van der Waals surface area contributed by atoms with Crippen LogP contribution in [0.15, 0.2) is 16.9 Å². The van der Waals surface area contributed by atoms with Gasteiger partial charge in [0.25, 0.3) is 0 Å². The van der Waals surface area contributed by atoms with Crippen molar-refractivity contribution < 1.29 is 14.2 Å².